The van der Waals surface area contributed by atoms with Gasteiger partial charge in [0.25, 0.3) is 0 Å². The van der Waals surface area contributed by atoms with E-state index in [0.717, 1.165) is 36.1 Å². The van der Waals surface area contributed by atoms with Crippen molar-refractivity contribution in [3.05, 3.63) is 71.4 Å². The minimum atomic E-state index is -0.278. The van der Waals surface area contributed by atoms with Gasteiger partial charge in [0, 0.05) is 18.7 Å². The number of rotatable bonds is 6. The Morgan fingerprint density at radius 2 is 2.10 bits per heavy atom. The Morgan fingerprint density at radius 3 is 2.90 bits per heavy atom. The normalized spacial score (nSPS) is 17.1. The van der Waals surface area contributed by atoms with Gasteiger partial charge in [0.2, 0.25) is 17.6 Å². The highest BCUT2D eigenvalue weighted by Crippen LogP contribution is 2.21. The van der Waals surface area contributed by atoms with Crippen molar-refractivity contribution in [2.24, 2.45) is 5.92 Å². The van der Waals surface area contributed by atoms with Gasteiger partial charge in [0.1, 0.15) is 5.82 Å². The second kappa shape index (κ2) is 9.17. The smallest absolute Gasteiger partial charge is 0.241 e. The highest BCUT2D eigenvalue weighted by atomic mass is 19.1. The number of halogens is 1. The van der Waals surface area contributed by atoms with E-state index in [1.165, 1.54) is 12.1 Å². The van der Waals surface area contributed by atoms with Crippen LogP contribution in [-0.4, -0.2) is 34.0 Å². The Kier molecular flexibility index (Phi) is 6.18. The highest BCUT2D eigenvalue weighted by molar-refractivity contribution is 5.79. The van der Waals surface area contributed by atoms with E-state index in [4.69, 9.17) is 4.52 Å². The van der Waals surface area contributed by atoms with Crippen molar-refractivity contribution in [1.29, 1.82) is 0 Å². The number of amides is 1. The number of hydrogen-bond acceptors (Lipinski definition) is 5. The van der Waals surface area contributed by atoms with E-state index >= 15 is 0 Å². The SMILES string of the molecule is Cc1cccc(-c2noc(CN3CCCC(C(=O)NCc4ccc(F)cc4)C3)n2)c1. The zero-order valence-electron chi connectivity index (χ0n) is 17.0. The van der Waals surface area contributed by atoms with Crippen LogP contribution in [0.2, 0.25) is 0 Å². The molecular weight excluding hydrogens is 383 g/mol. The molecular formula is C23H25FN4O2. The van der Waals surface area contributed by atoms with Gasteiger partial charge in [-0.25, -0.2) is 4.39 Å². The van der Waals surface area contributed by atoms with Crippen LogP contribution in [0, 0.1) is 18.7 Å². The molecule has 1 amide bonds. The number of likely N-dealkylation sites (tertiary alicyclic amines) is 1. The largest absolute Gasteiger partial charge is 0.352 e. The molecule has 0 radical (unpaired) electrons. The van der Waals surface area contributed by atoms with Gasteiger partial charge >= 0.3 is 0 Å². The van der Waals surface area contributed by atoms with Gasteiger partial charge in [-0.1, -0.05) is 41.1 Å². The molecule has 156 valence electrons. The molecule has 2 heterocycles. The number of aromatic nitrogens is 2. The molecule has 1 aliphatic heterocycles. The van der Waals surface area contributed by atoms with Gasteiger partial charge in [0.05, 0.1) is 12.5 Å². The molecule has 1 N–H and O–H groups in total. The van der Waals surface area contributed by atoms with Crippen LogP contribution in [0.15, 0.2) is 53.1 Å². The van der Waals surface area contributed by atoms with Crippen LogP contribution in [0.5, 0.6) is 0 Å². The van der Waals surface area contributed by atoms with Crippen LogP contribution in [0.25, 0.3) is 11.4 Å². The van der Waals surface area contributed by atoms with Crippen LogP contribution in [0.4, 0.5) is 4.39 Å². The van der Waals surface area contributed by atoms with Crippen LogP contribution < -0.4 is 5.32 Å². The van der Waals surface area contributed by atoms with Gasteiger partial charge in [0.15, 0.2) is 0 Å². The summed E-state index contributed by atoms with van der Waals surface area (Å²) < 4.78 is 18.4. The fraction of sp³-hybridized carbons (Fsp3) is 0.348. The fourth-order valence-corrected chi connectivity index (χ4v) is 3.76. The molecule has 0 aliphatic carbocycles. The Bertz CT molecular complexity index is 1000. The quantitative estimate of drug-likeness (QED) is 0.673. The molecule has 0 bridgehead atoms. The molecule has 30 heavy (non-hydrogen) atoms. The standard InChI is InChI=1S/C23H25FN4O2/c1-16-4-2-5-18(12-16)22-26-21(30-27-22)15-28-11-3-6-19(14-28)23(29)25-13-17-7-9-20(24)10-8-17/h2,4-5,7-10,12,19H,3,6,11,13-15H2,1H3,(H,25,29). The molecule has 0 saturated carbocycles. The van der Waals surface area contributed by atoms with E-state index in [-0.39, 0.29) is 17.6 Å². The predicted octanol–water partition coefficient (Wildman–Crippen LogP) is 3.71. The summed E-state index contributed by atoms with van der Waals surface area (Å²) in [7, 11) is 0. The van der Waals surface area contributed by atoms with Crippen LogP contribution in [0.3, 0.4) is 0 Å². The summed E-state index contributed by atoms with van der Waals surface area (Å²) >= 11 is 0. The summed E-state index contributed by atoms with van der Waals surface area (Å²) in [5, 5.41) is 7.06. The molecule has 1 aliphatic rings. The third kappa shape index (κ3) is 5.10. The zero-order valence-corrected chi connectivity index (χ0v) is 17.0. The summed E-state index contributed by atoms with van der Waals surface area (Å²) in [4.78, 5) is 19.3. The number of piperidine rings is 1. The highest BCUT2D eigenvalue weighted by Gasteiger charge is 2.26. The summed E-state index contributed by atoms with van der Waals surface area (Å²) in [6.07, 6.45) is 1.79. The summed E-state index contributed by atoms with van der Waals surface area (Å²) in [5.41, 5.74) is 2.96. The number of aryl methyl sites for hydroxylation is 1. The average molecular weight is 408 g/mol. The van der Waals surface area contributed by atoms with Gasteiger partial charge in [-0.2, -0.15) is 4.98 Å². The van der Waals surface area contributed by atoms with Crippen molar-refractivity contribution in [2.75, 3.05) is 13.1 Å². The third-order valence-corrected chi connectivity index (χ3v) is 5.36. The second-order valence-electron chi connectivity index (χ2n) is 7.80. The zero-order chi connectivity index (χ0) is 20.9. The van der Waals surface area contributed by atoms with Crippen molar-refractivity contribution >= 4 is 5.91 Å². The molecule has 0 spiro atoms. The lowest BCUT2D eigenvalue weighted by Crippen LogP contribution is -2.42. The summed E-state index contributed by atoms with van der Waals surface area (Å²) in [6, 6.07) is 14.2. The first-order chi connectivity index (χ1) is 14.6. The van der Waals surface area contributed by atoms with E-state index in [0.29, 0.717) is 31.3 Å². The number of carbonyl (C=O) groups excluding carboxylic acids is 1. The number of hydrogen-bond donors (Lipinski definition) is 1. The Balaban J connectivity index is 1.31. The third-order valence-electron chi connectivity index (χ3n) is 5.36. The number of nitrogens with one attached hydrogen (secondary N) is 1. The number of carbonyl (C=O) groups is 1. The molecule has 4 rings (SSSR count). The van der Waals surface area contributed by atoms with Gasteiger partial charge in [-0.15, -0.1) is 0 Å². The minimum absolute atomic E-state index is 0.0232. The van der Waals surface area contributed by atoms with Crippen LogP contribution in [-0.2, 0) is 17.9 Å². The maximum atomic E-state index is 13.0. The fourth-order valence-electron chi connectivity index (χ4n) is 3.76. The predicted molar refractivity (Wildman–Crippen MR) is 111 cm³/mol. The van der Waals surface area contributed by atoms with Gasteiger partial charge in [-0.05, 0) is 50.1 Å². The van der Waals surface area contributed by atoms with Crippen LogP contribution >= 0.6 is 0 Å². The van der Waals surface area contributed by atoms with Gasteiger partial charge < -0.3 is 9.84 Å². The van der Waals surface area contributed by atoms with Crippen molar-refractivity contribution in [1.82, 2.24) is 20.4 Å². The average Bonchev–Trinajstić information content (AvgIpc) is 3.22. The second-order valence-corrected chi connectivity index (χ2v) is 7.80. The lowest BCUT2D eigenvalue weighted by molar-refractivity contribution is -0.127. The Morgan fingerprint density at radius 1 is 1.27 bits per heavy atom. The lowest BCUT2D eigenvalue weighted by atomic mass is 9.97. The van der Waals surface area contributed by atoms with Crippen molar-refractivity contribution < 1.29 is 13.7 Å². The molecule has 1 unspecified atom stereocenters. The number of nitrogens with zero attached hydrogens (tertiary/aromatic N) is 3. The van der Waals surface area contributed by atoms with Crippen molar-refractivity contribution in [3.63, 3.8) is 0 Å². The molecule has 2 aromatic carbocycles. The first-order valence-electron chi connectivity index (χ1n) is 10.2. The molecule has 1 saturated heterocycles. The summed E-state index contributed by atoms with van der Waals surface area (Å²) in [6.45, 7) is 4.50. The maximum absolute atomic E-state index is 13.0. The van der Waals surface area contributed by atoms with Crippen molar-refractivity contribution in [2.45, 2.75) is 32.9 Å². The first kappa shape index (κ1) is 20.2. The van der Waals surface area contributed by atoms with Crippen molar-refractivity contribution in [3.8, 4) is 11.4 Å². The monoisotopic (exact) mass is 408 g/mol. The number of benzene rings is 2. The topological polar surface area (TPSA) is 71.3 Å². The van der Waals surface area contributed by atoms with E-state index in [1.807, 2.05) is 31.2 Å². The van der Waals surface area contributed by atoms with E-state index in [9.17, 15) is 9.18 Å². The Hall–Kier alpha value is -3.06. The lowest BCUT2D eigenvalue weighted by Gasteiger charge is -2.30. The summed E-state index contributed by atoms with van der Waals surface area (Å²) in [5.74, 6) is 0.797. The molecule has 1 fully saturated rings. The minimum Gasteiger partial charge on any atom is -0.352 e. The molecule has 1 aromatic heterocycles. The van der Waals surface area contributed by atoms with E-state index in [2.05, 4.69) is 20.4 Å². The van der Waals surface area contributed by atoms with E-state index in [1.54, 1.807) is 12.1 Å². The van der Waals surface area contributed by atoms with Gasteiger partial charge in [-0.3, -0.25) is 9.69 Å². The maximum Gasteiger partial charge on any atom is 0.241 e. The first-order valence-corrected chi connectivity index (χ1v) is 10.2. The molecule has 1 atom stereocenters. The Labute approximate surface area is 175 Å². The molecule has 7 heteroatoms. The molecule has 3 aromatic rings. The van der Waals surface area contributed by atoms with E-state index < -0.39 is 0 Å². The molecule has 6 nitrogen and oxygen atoms in total. The van der Waals surface area contributed by atoms with Crippen LogP contribution in [0.1, 0.15) is 29.9 Å².